The van der Waals surface area contributed by atoms with Gasteiger partial charge in [0.05, 0.1) is 45.7 Å². The largest absolute Gasteiger partial charge is 0.455 e. The first-order chi connectivity index (χ1) is 15.5. The van der Waals surface area contributed by atoms with Crippen LogP contribution in [-0.4, -0.2) is 44.0 Å². The van der Waals surface area contributed by atoms with Gasteiger partial charge in [-0.15, -0.1) is 0 Å². The lowest BCUT2D eigenvalue weighted by Gasteiger charge is -2.08. The van der Waals surface area contributed by atoms with Gasteiger partial charge in [-0.25, -0.2) is 9.67 Å². The number of amides is 1. The third-order valence-electron chi connectivity index (χ3n) is 4.69. The summed E-state index contributed by atoms with van der Waals surface area (Å²) in [6.45, 7) is 3.31. The molecule has 0 aliphatic carbocycles. The highest BCUT2D eigenvalue weighted by Crippen LogP contribution is 2.23. The summed E-state index contributed by atoms with van der Waals surface area (Å²) in [7, 11) is 0. The van der Waals surface area contributed by atoms with Crippen LogP contribution in [0.4, 0.5) is 5.69 Å². The quantitative estimate of drug-likeness (QED) is 0.341. The molecule has 4 aromatic rings. The number of hydrogen-bond acceptors (Lipinski definition) is 7. The van der Waals surface area contributed by atoms with E-state index in [4.69, 9.17) is 4.74 Å². The standard InChI is InChI=1S/C23H21N5O3S/c1-15-23(16(2)28(27-15)17-8-4-3-5-9-17)26-20(29)13-31-22(30)14-32-21-12-24-18-10-6-7-11-19(18)25-21/h3-12H,13-14H2,1-2H3,(H,26,29). The van der Waals surface area contributed by atoms with E-state index in [2.05, 4.69) is 20.4 Å². The van der Waals surface area contributed by atoms with Crippen LogP contribution in [0.25, 0.3) is 16.7 Å². The molecule has 9 heteroatoms. The van der Waals surface area contributed by atoms with Crippen molar-refractivity contribution >= 4 is 40.4 Å². The molecule has 162 valence electrons. The third kappa shape index (κ3) is 4.94. The Balaban J connectivity index is 1.30. The molecule has 0 spiro atoms. The molecule has 2 aromatic carbocycles. The number of esters is 1. The number of aromatic nitrogens is 4. The van der Waals surface area contributed by atoms with E-state index in [1.807, 2.05) is 68.4 Å². The molecule has 8 nitrogen and oxygen atoms in total. The van der Waals surface area contributed by atoms with Gasteiger partial charge in [-0.05, 0) is 38.1 Å². The van der Waals surface area contributed by atoms with Gasteiger partial charge in [0.2, 0.25) is 0 Å². The van der Waals surface area contributed by atoms with Gasteiger partial charge in [0, 0.05) is 0 Å². The second-order valence-corrected chi connectivity index (χ2v) is 7.98. The fourth-order valence-electron chi connectivity index (χ4n) is 3.15. The first-order valence-corrected chi connectivity index (χ1v) is 10.9. The zero-order chi connectivity index (χ0) is 22.5. The highest BCUT2D eigenvalue weighted by Gasteiger charge is 2.16. The average Bonchev–Trinajstić information content (AvgIpc) is 3.10. The molecule has 1 amide bonds. The van der Waals surface area contributed by atoms with Gasteiger partial charge in [-0.2, -0.15) is 5.10 Å². The summed E-state index contributed by atoms with van der Waals surface area (Å²) in [5, 5.41) is 7.90. The number of nitrogens with one attached hydrogen (secondary N) is 1. The highest BCUT2D eigenvalue weighted by molar-refractivity contribution is 7.99. The molecule has 0 atom stereocenters. The zero-order valence-electron chi connectivity index (χ0n) is 17.6. The fourth-order valence-corrected chi connectivity index (χ4v) is 3.79. The first kappa shape index (κ1) is 21.5. The maximum absolute atomic E-state index is 12.3. The minimum atomic E-state index is -0.506. The van der Waals surface area contributed by atoms with Crippen molar-refractivity contribution in [3.05, 3.63) is 72.2 Å². The lowest BCUT2D eigenvalue weighted by atomic mass is 10.3. The summed E-state index contributed by atoms with van der Waals surface area (Å²) in [6.07, 6.45) is 1.61. The molecule has 0 radical (unpaired) electrons. The maximum atomic E-state index is 12.3. The number of ether oxygens (including phenoxy) is 1. The van der Waals surface area contributed by atoms with E-state index in [-0.39, 0.29) is 12.4 Å². The molecule has 4 rings (SSSR count). The number of nitrogens with zero attached hydrogens (tertiary/aromatic N) is 4. The number of fused-ring (bicyclic) bond motifs is 1. The number of hydrogen-bond donors (Lipinski definition) is 1. The number of thioether (sulfide) groups is 1. The molecule has 0 unspecified atom stereocenters. The minimum absolute atomic E-state index is 0.0320. The van der Waals surface area contributed by atoms with Crippen molar-refractivity contribution in [3.8, 4) is 5.69 Å². The Bertz CT molecular complexity index is 1270. The number of aryl methyl sites for hydroxylation is 1. The van der Waals surface area contributed by atoms with Gasteiger partial charge >= 0.3 is 5.97 Å². The summed E-state index contributed by atoms with van der Waals surface area (Å²) >= 11 is 1.21. The topological polar surface area (TPSA) is 99.0 Å². The minimum Gasteiger partial charge on any atom is -0.455 e. The molecule has 0 aliphatic heterocycles. The van der Waals surface area contributed by atoms with E-state index < -0.39 is 11.9 Å². The Morgan fingerprint density at radius 3 is 2.53 bits per heavy atom. The van der Waals surface area contributed by atoms with Crippen LogP contribution in [0.5, 0.6) is 0 Å². The lowest BCUT2D eigenvalue weighted by Crippen LogP contribution is -2.22. The Morgan fingerprint density at radius 1 is 1.03 bits per heavy atom. The summed E-state index contributed by atoms with van der Waals surface area (Å²) in [4.78, 5) is 33.2. The van der Waals surface area contributed by atoms with Gasteiger partial charge in [0.25, 0.3) is 5.91 Å². The van der Waals surface area contributed by atoms with Crippen LogP contribution in [0.2, 0.25) is 0 Å². The summed E-state index contributed by atoms with van der Waals surface area (Å²) < 4.78 is 6.87. The molecule has 0 saturated heterocycles. The number of carbonyl (C=O) groups is 2. The number of carbonyl (C=O) groups excluding carboxylic acids is 2. The zero-order valence-corrected chi connectivity index (χ0v) is 18.4. The number of rotatable bonds is 7. The number of anilines is 1. The fraction of sp³-hybridized carbons (Fsp3) is 0.174. The summed E-state index contributed by atoms with van der Waals surface area (Å²) in [5.41, 5.74) is 4.52. The Morgan fingerprint density at radius 2 is 1.75 bits per heavy atom. The Kier molecular flexibility index (Phi) is 6.46. The molecule has 0 aliphatic rings. The normalized spacial score (nSPS) is 10.8. The van der Waals surface area contributed by atoms with Crippen molar-refractivity contribution in [1.82, 2.24) is 19.7 Å². The van der Waals surface area contributed by atoms with Crippen molar-refractivity contribution in [3.63, 3.8) is 0 Å². The van der Waals surface area contributed by atoms with Gasteiger partial charge in [-0.1, -0.05) is 42.1 Å². The molecule has 0 saturated carbocycles. The molecule has 2 heterocycles. The smallest absolute Gasteiger partial charge is 0.316 e. The molecule has 32 heavy (non-hydrogen) atoms. The molecular formula is C23H21N5O3S. The monoisotopic (exact) mass is 447 g/mol. The third-order valence-corrected chi connectivity index (χ3v) is 5.56. The second-order valence-electron chi connectivity index (χ2n) is 6.99. The van der Waals surface area contributed by atoms with Crippen LogP contribution in [0.3, 0.4) is 0 Å². The predicted molar refractivity (Wildman–Crippen MR) is 123 cm³/mol. The van der Waals surface area contributed by atoms with E-state index >= 15 is 0 Å². The number of benzene rings is 2. The van der Waals surface area contributed by atoms with E-state index in [0.29, 0.717) is 16.4 Å². The van der Waals surface area contributed by atoms with Gasteiger partial charge in [-0.3, -0.25) is 14.6 Å². The van der Waals surface area contributed by atoms with Crippen molar-refractivity contribution in [2.75, 3.05) is 17.7 Å². The Hall–Kier alpha value is -3.72. The van der Waals surface area contributed by atoms with Crippen molar-refractivity contribution in [2.24, 2.45) is 0 Å². The van der Waals surface area contributed by atoms with Crippen molar-refractivity contribution in [2.45, 2.75) is 18.9 Å². The second kappa shape index (κ2) is 9.61. The Labute approximate surface area is 189 Å². The summed E-state index contributed by atoms with van der Waals surface area (Å²) in [5.74, 6) is -0.897. The van der Waals surface area contributed by atoms with Gasteiger partial charge in [0.1, 0.15) is 5.03 Å². The number of para-hydroxylation sites is 3. The maximum Gasteiger partial charge on any atom is 0.316 e. The molecule has 0 fully saturated rings. The lowest BCUT2D eigenvalue weighted by molar-refractivity contribution is -0.144. The average molecular weight is 448 g/mol. The van der Waals surface area contributed by atoms with E-state index in [9.17, 15) is 9.59 Å². The summed E-state index contributed by atoms with van der Waals surface area (Å²) in [6, 6.07) is 17.1. The van der Waals surface area contributed by atoms with Crippen LogP contribution in [0.1, 0.15) is 11.4 Å². The van der Waals surface area contributed by atoms with E-state index in [1.165, 1.54) is 11.8 Å². The van der Waals surface area contributed by atoms with Gasteiger partial charge in [0.15, 0.2) is 6.61 Å². The van der Waals surface area contributed by atoms with Crippen molar-refractivity contribution < 1.29 is 14.3 Å². The van der Waals surface area contributed by atoms with Crippen LogP contribution >= 0.6 is 11.8 Å². The van der Waals surface area contributed by atoms with Crippen LogP contribution < -0.4 is 5.32 Å². The molecule has 0 bridgehead atoms. The van der Waals surface area contributed by atoms with E-state index in [1.54, 1.807) is 10.9 Å². The predicted octanol–water partition coefficient (Wildman–Crippen LogP) is 3.71. The van der Waals surface area contributed by atoms with Crippen molar-refractivity contribution in [1.29, 1.82) is 0 Å². The van der Waals surface area contributed by atoms with Crippen LogP contribution in [0.15, 0.2) is 65.8 Å². The van der Waals surface area contributed by atoms with E-state index in [0.717, 1.165) is 22.4 Å². The van der Waals surface area contributed by atoms with Crippen LogP contribution in [-0.2, 0) is 14.3 Å². The SMILES string of the molecule is Cc1nn(-c2ccccc2)c(C)c1NC(=O)COC(=O)CSc1cnc2ccccc2n1. The van der Waals surface area contributed by atoms with Gasteiger partial charge < -0.3 is 10.1 Å². The molecule has 2 aromatic heterocycles. The van der Waals surface area contributed by atoms with Crippen LogP contribution in [0, 0.1) is 13.8 Å². The highest BCUT2D eigenvalue weighted by atomic mass is 32.2. The molecule has 1 N–H and O–H groups in total. The first-order valence-electron chi connectivity index (χ1n) is 9.93. The molecular weight excluding hydrogens is 426 g/mol.